The zero-order chi connectivity index (χ0) is 11.4. The van der Waals surface area contributed by atoms with E-state index in [1.807, 2.05) is 12.1 Å². The van der Waals surface area contributed by atoms with Crippen molar-refractivity contribution in [1.82, 2.24) is 4.98 Å². The summed E-state index contributed by atoms with van der Waals surface area (Å²) in [5.74, 6) is 1.12. The maximum atomic E-state index is 9.82. The fourth-order valence-corrected chi connectivity index (χ4v) is 2.33. The van der Waals surface area contributed by atoms with Crippen molar-refractivity contribution in [2.24, 2.45) is 5.92 Å². The van der Waals surface area contributed by atoms with Crippen LogP contribution in [0.5, 0.6) is 0 Å². The van der Waals surface area contributed by atoms with E-state index >= 15 is 0 Å². The molecule has 0 bridgehead atoms. The van der Waals surface area contributed by atoms with Crippen LogP contribution < -0.4 is 5.32 Å². The highest BCUT2D eigenvalue weighted by Gasteiger charge is 2.22. The van der Waals surface area contributed by atoms with Crippen LogP contribution in [-0.2, 0) is 0 Å². The minimum atomic E-state index is -0.166. The van der Waals surface area contributed by atoms with Gasteiger partial charge in [0, 0.05) is 12.5 Å². The molecule has 0 amide bonds. The molecule has 1 aliphatic carbocycles. The van der Waals surface area contributed by atoms with E-state index < -0.39 is 0 Å². The Morgan fingerprint density at radius 3 is 2.94 bits per heavy atom. The van der Waals surface area contributed by atoms with Crippen molar-refractivity contribution < 1.29 is 5.11 Å². The van der Waals surface area contributed by atoms with Gasteiger partial charge in [0.1, 0.15) is 11.0 Å². The Kier molecular flexibility index (Phi) is 4.02. The second-order valence-corrected chi connectivity index (χ2v) is 4.73. The molecule has 0 aromatic carbocycles. The predicted octanol–water partition coefficient (Wildman–Crippen LogP) is 2.70. The average Bonchev–Trinajstić information content (AvgIpc) is 2.28. The molecule has 4 heteroatoms. The molecule has 2 atom stereocenters. The number of hydrogen-bond donors (Lipinski definition) is 2. The molecule has 1 aromatic heterocycles. The summed E-state index contributed by atoms with van der Waals surface area (Å²) >= 11 is 5.79. The lowest BCUT2D eigenvalue weighted by Gasteiger charge is -2.27. The van der Waals surface area contributed by atoms with Gasteiger partial charge in [0.2, 0.25) is 0 Å². The van der Waals surface area contributed by atoms with Crippen LogP contribution in [-0.4, -0.2) is 22.7 Å². The number of nitrogens with one attached hydrogen (secondary N) is 1. The Hall–Kier alpha value is -0.800. The Balaban J connectivity index is 1.86. The summed E-state index contributed by atoms with van der Waals surface area (Å²) in [4.78, 5) is 4.16. The molecule has 3 nitrogen and oxygen atoms in total. The molecule has 1 heterocycles. The lowest BCUT2D eigenvalue weighted by atomic mass is 9.86. The fraction of sp³-hybridized carbons (Fsp3) is 0.583. The van der Waals surface area contributed by atoms with Gasteiger partial charge in [-0.15, -0.1) is 0 Å². The summed E-state index contributed by atoms with van der Waals surface area (Å²) in [7, 11) is 0. The van der Waals surface area contributed by atoms with Gasteiger partial charge >= 0.3 is 0 Å². The summed E-state index contributed by atoms with van der Waals surface area (Å²) in [5, 5.41) is 13.5. The largest absolute Gasteiger partial charge is 0.393 e. The first kappa shape index (κ1) is 11.7. The SMILES string of the molecule is OC1CCCCC1CNc1cccc(Cl)n1. The van der Waals surface area contributed by atoms with Crippen molar-refractivity contribution in [2.75, 3.05) is 11.9 Å². The molecule has 1 saturated carbocycles. The normalized spacial score (nSPS) is 25.4. The van der Waals surface area contributed by atoms with E-state index in [-0.39, 0.29) is 6.10 Å². The molecule has 16 heavy (non-hydrogen) atoms. The summed E-state index contributed by atoms with van der Waals surface area (Å²) in [6.07, 6.45) is 4.21. The first-order chi connectivity index (χ1) is 7.75. The van der Waals surface area contributed by atoms with Gasteiger partial charge in [0.05, 0.1) is 6.10 Å². The van der Waals surface area contributed by atoms with E-state index in [0.717, 1.165) is 31.6 Å². The first-order valence-electron chi connectivity index (χ1n) is 5.80. The van der Waals surface area contributed by atoms with E-state index in [9.17, 15) is 5.11 Å². The van der Waals surface area contributed by atoms with Gasteiger partial charge in [-0.25, -0.2) is 4.98 Å². The molecule has 1 aliphatic rings. The quantitative estimate of drug-likeness (QED) is 0.799. The predicted molar refractivity (Wildman–Crippen MR) is 65.7 cm³/mol. The van der Waals surface area contributed by atoms with E-state index in [2.05, 4.69) is 10.3 Å². The zero-order valence-electron chi connectivity index (χ0n) is 9.19. The lowest BCUT2D eigenvalue weighted by molar-refractivity contribution is 0.0763. The van der Waals surface area contributed by atoms with Crippen molar-refractivity contribution in [3.63, 3.8) is 0 Å². The third kappa shape index (κ3) is 3.09. The molecule has 0 aliphatic heterocycles. The van der Waals surface area contributed by atoms with E-state index in [4.69, 9.17) is 11.6 Å². The van der Waals surface area contributed by atoms with Crippen LogP contribution in [0.4, 0.5) is 5.82 Å². The van der Waals surface area contributed by atoms with E-state index in [0.29, 0.717) is 11.1 Å². The molecule has 2 unspecified atom stereocenters. The first-order valence-corrected chi connectivity index (χ1v) is 6.18. The molecule has 0 radical (unpaired) electrons. The van der Waals surface area contributed by atoms with Gasteiger partial charge < -0.3 is 10.4 Å². The summed E-state index contributed by atoms with van der Waals surface area (Å²) in [5.41, 5.74) is 0. The van der Waals surface area contributed by atoms with Gasteiger partial charge in [-0.2, -0.15) is 0 Å². The van der Waals surface area contributed by atoms with Crippen LogP contribution >= 0.6 is 11.6 Å². The molecule has 0 saturated heterocycles. The molecule has 0 spiro atoms. The summed E-state index contributed by atoms with van der Waals surface area (Å²) < 4.78 is 0. The number of aromatic nitrogens is 1. The minimum absolute atomic E-state index is 0.166. The smallest absolute Gasteiger partial charge is 0.131 e. The van der Waals surface area contributed by atoms with Crippen molar-refractivity contribution in [3.05, 3.63) is 23.4 Å². The Morgan fingerprint density at radius 1 is 1.38 bits per heavy atom. The number of aliphatic hydroxyl groups is 1. The van der Waals surface area contributed by atoms with Crippen LogP contribution in [0.15, 0.2) is 18.2 Å². The molecule has 2 rings (SSSR count). The second kappa shape index (κ2) is 5.51. The standard InChI is InChI=1S/C12H17ClN2O/c13-11-6-3-7-12(15-11)14-8-9-4-1-2-5-10(9)16/h3,6-7,9-10,16H,1-2,4-5,8H2,(H,14,15). The maximum absolute atomic E-state index is 9.82. The number of hydrogen-bond acceptors (Lipinski definition) is 3. The fourth-order valence-electron chi connectivity index (χ4n) is 2.17. The molecule has 1 fully saturated rings. The van der Waals surface area contributed by atoms with E-state index in [1.54, 1.807) is 6.07 Å². The molecular weight excluding hydrogens is 224 g/mol. The Morgan fingerprint density at radius 2 is 2.19 bits per heavy atom. The highest BCUT2D eigenvalue weighted by atomic mass is 35.5. The van der Waals surface area contributed by atoms with E-state index in [1.165, 1.54) is 6.42 Å². The van der Waals surface area contributed by atoms with Crippen molar-refractivity contribution in [2.45, 2.75) is 31.8 Å². The van der Waals surface area contributed by atoms with Gasteiger partial charge in [-0.1, -0.05) is 30.5 Å². The number of pyridine rings is 1. The third-order valence-electron chi connectivity index (χ3n) is 3.13. The monoisotopic (exact) mass is 240 g/mol. The summed E-state index contributed by atoms with van der Waals surface area (Å²) in [6.45, 7) is 0.772. The third-order valence-corrected chi connectivity index (χ3v) is 3.34. The van der Waals surface area contributed by atoms with Crippen LogP contribution in [0.3, 0.4) is 0 Å². The zero-order valence-corrected chi connectivity index (χ0v) is 9.95. The van der Waals surface area contributed by atoms with Crippen LogP contribution in [0, 0.1) is 5.92 Å². The van der Waals surface area contributed by atoms with Gasteiger partial charge in [0.25, 0.3) is 0 Å². The van der Waals surface area contributed by atoms with Crippen molar-refractivity contribution in [3.8, 4) is 0 Å². The van der Waals surface area contributed by atoms with Gasteiger partial charge in [0.15, 0.2) is 0 Å². The van der Waals surface area contributed by atoms with Crippen molar-refractivity contribution in [1.29, 1.82) is 0 Å². The number of nitrogens with zero attached hydrogens (tertiary/aromatic N) is 1. The Bertz CT molecular complexity index is 346. The molecule has 2 N–H and O–H groups in total. The average molecular weight is 241 g/mol. The molecule has 1 aromatic rings. The summed E-state index contributed by atoms with van der Waals surface area (Å²) in [6, 6.07) is 5.51. The minimum Gasteiger partial charge on any atom is -0.393 e. The van der Waals surface area contributed by atoms with Gasteiger partial charge in [-0.3, -0.25) is 0 Å². The van der Waals surface area contributed by atoms with Gasteiger partial charge in [-0.05, 0) is 25.0 Å². The number of halogens is 1. The molecular formula is C12H17ClN2O. The second-order valence-electron chi connectivity index (χ2n) is 4.34. The Labute approximate surface area is 101 Å². The van der Waals surface area contributed by atoms with Crippen LogP contribution in [0.25, 0.3) is 0 Å². The lowest BCUT2D eigenvalue weighted by Crippen LogP contribution is -2.30. The highest BCUT2D eigenvalue weighted by molar-refractivity contribution is 6.29. The number of anilines is 1. The van der Waals surface area contributed by atoms with Crippen LogP contribution in [0.1, 0.15) is 25.7 Å². The number of aliphatic hydroxyl groups excluding tert-OH is 1. The topological polar surface area (TPSA) is 45.1 Å². The number of rotatable bonds is 3. The van der Waals surface area contributed by atoms with Crippen LogP contribution in [0.2, 0.25) is 5.15 Å². The highest BCUT2D eigenvalue weighted by Crippen LogP contribution is 2.24. The molecule has 88 valence electrons. The maximum Gasteiger partial charge on any atom is 0.131 e. The van der Waals surface area contributed by atoms with Crippen molar-refractivity contribution >= 4 is 17.4 Å².